The van der Waals surface area contributed by atoms with Gasteiger partial charge in [0.2, 0.25) is 0 Å². The average Bonchev–Trinajstić information content (AvgIpc) is 2.43. The van der Waals surface area contributed by atoms with Gasteiger partial charge in [-0.1, -0.05) is 23.2 Å². The normalized spacial score (nSPS) is 10.2. The van der Waals surface area contributed by atoms with Crippen molar-refractivity contribution in [2.45, 2.75) is 0 Å². The van der Waals surface area contributed by atoms with Gasteiger partial charge >= 0.3 is 0 Å². The van der Waals surface area contributed by atoms with Crippen LogP contribution in [0.25, 0.3) is 0 Å². The number of hydrogen-bond donors (Lipinski definition) is 3. The lowest BCUT2D eigenvalue weighted by molar-refractivity contribution is 0.102. The summed E-state index contributed by atoms with van der Waals surface area (Å²) in [6.07, 6.45) is 1.27. The van der Waals surface area contributed by atoms with Crippen LogP contribution in [-0.4, -0.2) is 10.9 Å². The van der Waals surface area contributed by atoms with Crippen LogP contribution in [0.3, 0.4) is 0 Å². The molecule has 104 valence electrons. The zero-order valence-electron chi connectivity index (χ0n) is 9.95. The molecule has 0 unspecified atom stereocenters. The van der Waals surface area contributed by atoms with Crippen molar-refractivity contribution in [3.63, 3.8) is 0 Å². The first-order valence-corrected chi connectivity index (χ1v) is 6.16. The minimum Gasteiger partial charge on any atom is -0.322 e. The maximum atomic E-state index is 13.9. The van der Waals surface area contributed by atoms with Crippen molar-refractivity contribution in [1.29, 1.82) is 0 Å². The summed E-state index contributed by atoms with van der Waals surface area (Å²) in [5, 5.41) is 3.14. The number of nitrogens with one attached hydrogen (secondary N) is 2. The van der Waals surface area contributed by atoms with Gasteiger partial charge in [-0.25, -0.2) is 15.2 Å². The van der Waals surface area contributed by atoms with Crippen LogP contribution in [0, 0.1) is 5.82 Å². The van der Waals surface area contributed by atoms with Gasteiger partial charge in [-0.05, 0) is 24.3 Å². The quantitative estimate of drug-likeness (QED) is 0.601. The van der Waals surface area contributed by atoms with E-state index in [1.54, 1.807) is 6.07 Å². The predicted molar refractivity (Wildman–Crippen MR) is 76.4 cm³/mol. The number of nitrogen functional groups attached to an aromatic ring is 1. The zero-order chi connectivity index (χ0) is 14.7. The van der Waals surface area contributed by atoms with Crippen LogP contribution in [0.15, 0.2) is 30.5 Å². The number of hydrazine groups is 1. The molecule has 0 bridgehead atoms. The number of nitrogens with two attached hydrogens (primary N) is 1. The Morgan fingerprint density at radius 1 is 1.25 bits per heavy atom. The smallest absolute Gasteiger partial charge is 0.258 e. The van der Waals surface area contributed by atoms with Crippen LogP contribution in [0.1, 0.15) is 10.4 Å². The van der Waals surface area contributed by atoms with Gasteiger partial charge in [-0.3, -0.25) is 4.79 Å². The Bertz CT molecular complexity index is 666. The number of carbonyl (C=O) groups excluding carboxylic acids is 1. The molecule has 0 saturated heterocycles. The largest absolute Gasteiger partial charge is 0.322 e. The van der Waals surface area contributed by atoms with Crippen molar-refractivity contribution in [3.8, 4) is 0 Å². The number of pyridine rings is 1. The van der Waals surface area contributed by atoms with E-state index in [0.29, 0.717) is 10.7 Å². The number of rotatable bonds is 3. The molecule has 1 aromatic heterocycles. The molecule has 0 aliphatic heterocycles. The Labute approximate surface area is 123 Å². The van der Waals surface area contributed by atoms with Crippen LogP contribution in [0.5, 0.6) is 0 Å². The summed E-state index contributed by atoms with van der Waals surface area (Å²) in [6.45, 7) is 0. The van der Waals surface area contributed by atoms with Crippen molar-refractivity contribution in [3.05, 3.63) is 51.9 Å². The highest BCUT2D eigenvalue weighted by Gasteiger charge is 2.16. The van der Waals surface area contributed by atoms with E-state index in [0.717, 1.165) is 0 Å². The van der Waals surface area contributed by atoms with Crippen molar-refractivity contribution < 1.29 is 9.18 Å². The second kappa shape index (κ2) is 6.04. The fourth-order valence-corrected chi connectivity index (χ4v) is 1.79. The van der Waals surface area contributed by atoms with Crippen LogP contribution >= 0.6 is 23.2 Å². The number of halogens is 3. The van der Waals surface area contributed by atoms with E-state index in [4.69, 9.17) is 29.0 Å². The highest BCUT2D eigenvalue weighted by molar-refractivity contribution is 6.42. The molecule has 0 saturated carbocycles. The van der Waals surface area contributed by atoms with E-state index < -0.39 is 11.7 Å². The maximum Gasteiger partial charge on any atom is 0.258 e. The van der Waals surface area contributed by atoms with Crippen molar-refractivity contribution in [2.24, 2.45) is 5.84 Å². The van der Waals surface area contributed by atoms with Crippen LogP contribution in [-0.2, 0) is 0 Å². The molecule has 8 heteroatoms. The standard InChI is InChI=1S/C12H9Cl2FN4O/c13-8-2-1-6(5-9(8)14)18-12(20)7-3-4-17-11(19-16)10(7)15/h1-5H,16H2,(H,17,19)(H,18,20). The molecular formula is C12H9Cl2FN4O. The monoisotopic (exact) mass is 314 g/mol. The first kappa shape index (κ1) is 14.5. The number of carbonyl (C=O) groups is 1. The summed E-state index contributed by atoms with van der Waals surface area (Å²) in [5.41, 5.74) is 2.26. The predicted octanol–water partition coefficient (Wildman–Crippen LogP) is 3.07. The maximum absolute atomic E-state index is 13.9. The Balaban J connectivity index is 2.26. The third-order valence-electron chi connectivity index (χ3n) is 2.45. The van der Waals surface area contributed by atoms with Crippen LogP contribution < -0.4 is 16.6 Å². The van der Waals surface area contributed by atoms with Crippen LogP contribution in [0.2, 0.25) is 10.0 Å². The van der Waals surface area contributed by atoms with E-state index in [2.05, 4.69) is 15.7 Å². The van der Waals surface area contributed by atoms with E-state index >= 15 is 0 Å². The molecule has 0 spiro atoms. The first-order valence-electron chi connectivity index (χ1n) is 5.40. The van der Waals surface area contributed by atoms with Gasteiger partial charge in [0.1, 0.15) is 0 Å². The number of amides is 1. The molecule has 1 aromatic carbocycles. The minimum absolute atomic E-state index is 0.195. The molecular weight excluding hydrogens is 306 g/mol. The molecule has 2 rings (SSSR count). The Hall–Kier alpha value is -1.89. The summed E-state index contributed by atoms with van der Waals surface area (Å²) in [6, 6.07) is 5.77. The highest BCUT2D eigenvalue weighted by atomic mass is 35.5. The number of anilines is 2. The third-order valence-corrected chi connectivity index (χ3v) is 3.19. The molecule has 4 N–H and O–H groups in total. The summed E-state index contributed by atoms with van der Waals surface area (Å²) in [7, 11) is 0. The minimum atomic E-state index is -0.840. The Morgan fingerprint density at radius 3 is 2.65 bits per heavy atom. The average molecular weight is 315 g/mol. The van der Waals surface area contributed by atoms with Crippen molar-refractivity contribution >= 4 is 40.6 Å². The lowest BCUT2D eigenvalue weighted by atomic mass is 10.2. The lowest BCUT2D eigenvalue weighted by Gasteiger charge is -2.08. The third kappa shape index (κ3) is 2.98. The molecule has 2 aromatic rings. The first-order chi connectivity index (χ1) is 9.52. The number of benzene rings is 1. The number of hydrogen-bond acceptors (Lipinski definition) is 4. The molecule has 0 fully saturated rings. The molecule has 20 heavy (non-hydrogen) atoms. The molecule has 1 amide bonds. The molecule has 0 aliphatic rings. The summed E-state index contributed by atoms with van der Waals surface area (Å²) in [4.78, 5) is 15.6. The summed E-state index contributed by atoms with van der Waals surface area (Å²) >= 11 is 11.6. The van der Waals surface area contributed by atoms with Crippen molar-refractivity contribution in [1.82, 2.24) is 4.98 Å². The van der Waals surface area contributed by atoms with Gasteiger partial charge in [0.05, 0.1) is 15.6 Å². The Morgan fingerprint density at radius 2 is 2.00 bits per heavy atom. The van der Waals surface area contributed by atoms with Crippen molar-refractivity contribution in [2.75, 3.05) is 10.7 Å². The van der Waals surface area contributed by atoms with Gasteiger partial charge in [0.25, 0.3) is 5.91 Å². The van der Waals surface area contributed by atoms with Gasteiger partial charge in [-0.2, -0.15) is 0 Å². The van der Waals surface area contributed by atoms with E-state index in [-0.39, 0.29) is 16.4 Å². The van der Waals surface area contributed by atoms with E-state index in [1.807, 2.05) is 0 Å². The van der Waals surface area contributed by atoms with Gasteiger partial charge in [0.15, 0.2) is 11.6 Å². The SMILES string of the molecule is NNc1nccc(C(=O)Nc2ccc(Cl)c(Cl)c2)c1F. The van der Waals surface area contributed by atoms with Gasteiger partial charge < -0.3 is 10.7 Å². The lowest BCUT2D eigenvalue weighted by Crippen LogP contribution is -2.17. The van der Waals surface area contributed by atoms with Crippen LogP contribution in [0.4, 0.5) is 15.9 Å². The summed E-state index contributed by atoms with van der Waals surface area (Å²) in [5.74, 6) is 3.38. The molecule has 0 atom stereocenters. The fourth-order valence-electron chi connectivity index (χ4n) is 1.49. The van der Waals surface area contributed by atoms with Gasteiger partial charge in [-0.15, -0.1) is 0 Å². The zero-order valence-corrected chi connectivity index (χ0v) is 11.5. The molecule has 0 radical (unpaired) electrons. The highest BCUT2D eigenvalue weighted by Crippen LogP contribution is 2.25. The Kier molecular flexibility index (Phi) is 4.39. The number of nitrogens with zero attached hydrogens (tertiary/aromatic N) is 1. The topological polar surface area (TPSA) is 80.0 Å². The second-order valence-corrected chi connectivity index (χ2v) is 4.56. The molecule has 0 aliphatic carbocycles. The van der Waals surface area contributed by atoms with Gasteiger partial charge in [0, 0.05) is 11.9 Å². The van der Waals surface area contributed by atoms with E-state index in [9.17, 15) is 9.18 Å². The second-order valence-electron chi connectivity index (χ2n) is 3.75. The molecule has 5 nitrogen and oxygen atoms in total. The summed E-state index contributed by atoms with van der Waals surface area (Å²) < 4.78 is 13.9. The molecule has 1 heterocycles. The number of aromatic nitrogens is 1. The van der Waals surface area contributed by atoms with E-state index in [1.165, 1.54) is 24.4 Å². The fraction of sp³-hybridized carbons (Fsp3) is 0.